The van der Waals surface area contributed by atoms with Gasteiger partial charge in [-0.2, -0.15) is 0 Å². The summed E-state index contributed by atoms with van der Waals surface area (Å²) in [5, 5.41) is 25.6. The molecule has 8 heteroatoms. The van der Waals surface area contributed by atoms with Crippen molar-refractivity contribution in [3.05, 3.63) is 16.4 Å². The molecular weight excluding hydrogens is 238 g/mol. The highest BCUT2D eigenvalue weighted by atomic mass is 16.6. The van der Waals surface area contributed by atoms with E-state index in [1.54, 1.807) is 7.05 Å². The highest BCUT2D eigenvalue weighted by molar-refractivity contribution is 5.69. The van der Waals surface area contributed by atoms with Gasteiger partial charge in [0.15, 0.2) is 0 Å². The number of hydrogen-bond acceptors (Lipinski definition) is 7. The summed E-state index contributed by atoms with van der Waals surface area (Å²) >= 11 is 0. The summed E-state index contributed by atoms with van der Waals surface area (Å²) in [4.78, 5) is 18.2. The van der Waals surface area contributed by atoms with E-state index in [9.17, 15) is 10.1 Å². The topological polar surface area (TPSA) is 113 Å². The first-order valence-corrected chi connectivity index (χ1v) is 5.68. The maximum absolute atomic E-state index is 11.0. The van der Waals surface area contributed by atoms with Crippen molar-refractivity contribution in [2.24, 2.45) is 0 Å². The lowest BCUT2D eigenvalue weighted by molar-refractivity contribution is -0.383. The van der Waals surface area contributed by atoms with E-state index in [2.05, 4.69) is 20.6 Å². The predicted octanol–water partition coefficient (Wildman–Crippen LogP) is 0.999. The molecule has 3 N–H and O–H groups in total. The molecule has 0 saturated heterocycles. The zero-order chi connectivity index (χ0) is 13.5. The van der Waals surface area contributed by atoms with E-state index < -0.39 is 4.92 Å². The Morgan fingerprint density at radius 1 is 1.50 bits per heavy atom. The third kappa shape index (κ3) is 3.27. The highest BCUT2D eigenvalue weighted by Crippen LogP contribution is 2.29. The summed E-state index contributed by atoms with van der Waals surface area (Å²) in [5.41, 5.74) is -0.184. The summed E-state index contributed by atoms with van der Waals surface area (Å²) in [7, 11) is 1.56. The van der Waals surface area contributed by atoms with Crippen LogP contribution in [-0.4, -0.2) is 39.7 Å². The molecule has 0 saturated carbocycles. The molecule has 0 radical (unpaired) electrons. The Hall–Kier alpha value is -1.96. The number of nitrogens with one attached hydrogen (secondary N) is 2. The summed E-state index contributed by atoms with van der Waals surface area (Å²) in [5.74, 6) is 0.330. The zero-order valence-electron chi connectivity index (χ0n) is 10.4. The van der Waals surface area contributed by atoms with Crippen LogP contribution >= 0.6 is 0 Å². The lowest BCUT2D eigenvalue weighted by Crippen LogP contribution is -2.21. The average Bonchev–Trinajstić information content (AvgIpc) is 2.37. The molecule has 0 aromatic carbocycles. The number of nitrogens with zero attached hydrogens (tertiary/aromatic N) is 3. The molecule has 18 heavy (non-hydrogen) atoms. The van der Waals surface area contributed by atoms with Gasteiger partial charge in [-0.15, -0.1) is 0 Å². The molecule has 0 aliphatic heterocycles. The molecule has 0 aliphatic carbocycles. The maximum atomic E-state index is 11.0. The monoisotopic (exact) mass is 255 g/mol. The molecule has 1 aromatic heterocycles. The van der Waals surface area contributed by atoms with E-state index in [0.29, 0.717) is 6.42 Å². The number of aliphatic hydroxyl groups excluding tert-OH is 1. The number of rotatable bonds is 7. The van der Waals surface area contributed by atoms with Crippen LogP contribution in [0.4, 0.5) is 17.3 Å². The summed E-state index contributed by atoms with van der Waals surface area (Å²) in [6, 6.07) is -0.0618. The van der Waals surface area contributed by atoms with Gasteiger partial charge in [-0.3, -0.25) is 10.1 Å². The van der Waals surface area contributed by atoms with Gasteiger partial charge in [-0.25, -0.2) is 9.97 Å². The number of aliphatic hydroxyl groups is 1. The van der Waals surface area contributed by atoms with Crippen molar-refractivity contribution in [1.82, 2.24) is 9.97 Å². The van der Waals surface area contributed by atoms with Crippen molar-refractivity contribution in [2.75, 3.05) is 24.3 Å². The molecular formula is C10H17N5O3. The van der Waals surface area contributed by atoms with Gasteiger partial charge in [0.1, 0.15) is 6.33 Å². The molecule has 1 aromatic rings. The second kappa shape index (κ2) is 6.70. The standard InChI is InChI=1S/C10H17N5O3/c1-3-7(4-5-16)14-10-8(15(17)18)9(11-2)12-6-13-10/h6-7,16H,3-5H2,1-2H3,(H2,11,12,13,14). The Kier molecular flexibility index (Phi) is 5.25. The first-order valence-electron chi connectivity index (χ1n) is 5.68. The van der Waals surface area contributed by atoms with Crippen LogP contribution in [-0.2, 0) is 0 Å². The van der Waals surface area contributed by atoms with Crippen molar-refractivity contribution in [3.8, 4) is 0 Å². The lowest BCUT2D eigenvalue weighted by atomic mass is 10.1. The van der Waals surface area contributed by atoms with E-state index in [0.717, 1.165) is 6.42 Å². The Labute approximate surface area is 105 Å². The maximum Gasteiger partial charge on any atom is 0.353 e. The molecule has 0 aliphatic rings. The molecule has 8 nitrogen and oxygen atoms in total. The van der Waals surface area contributed by atoms with E-state index in [-0.39, 0.29) is 30.0 Å². The van der Waals surface area contributed by atoms with E-state index in [4.69, 9.17) is 5.11 Å². The Morgan fingerprint density at radius 3 is 2.67 bits per heavy atom. The second-order valence-corrected chi connectivity index (χ2v) is 3.69. The number of nitro groups is 1. The Morgan fingerprint density at radius 2 is 2.17 bits per heavy atom. The molecule has 0 spiro atoms. The fraction of sp³-hybridized carbons (Fsp3) is 0.600. The lowest BCUT2D eigenvalue weighted by Gasteiger charge is -2.16. The van der Waals surface area contributed by atoms with Crippen LogP contribution in [0.25, 0.3) is 0 Å². The van der Waals surface area contributed by atoms with Crippen molar-refractivity contribution in [2.45, 2.75) is 25.8 Å². The molecule has 1 atom stereocenters. The highest BCUT2D eigenvalue weighted by Gasteiger charge is 2.23. The Balaban J connectivity index is 3.03. The van der Waals surface area contributed by atoms with Crippen LogP contribution in [0.15, 0.2) is 6.33 Å². The molecule has 1 rings (SSSR count). The number of anilines is 2. The molecule has 100 valence electrons. The predicted molar refractivity (Wildman–Crippen MR) is 67.6 cm³/mol. The van der Waals surface area contributed by atoms with E-state index >= 15 is 0 Å². The normalized spacial score (nSPS) is 11.9. The van der Waals surface area contributed by atoms with Crippen LogP contribution < -0.4 is 10.6 Å². The number of aromatic nitrogens is 2. The third-order valence-corrected chi connectivity index (χ3v) is 2.55. The van der Waals surface area contributed by atoms with Crippen molar-refractivity contribution in [3.63, 3.8) is 0 Å². The first kappa shape index (κ1) is 14.1. The minimum Gasteiger partial charge on any atom is -0.396 e. The molecule has 1 heterocycles. The van der Waals surface area contributed by atoms with Gasteiger partial charge in [0, 0.05) is 19.7 Å². The van der Waals surface area contributed by atoms with E-state index in [1.165, 1.54) is 6.33 Å². The van der Waals surface area contributed by atoms with Crippen molar-refractivity contribution in [1.29, 1.82) is 0 Å². The first-order chi connectivity index (χ1) is 8.63. The molecule has 1 unspecified atom stereocenters. The second-order valence-electron chi connectivity index (χ2n) is 3.69. The van der Waals surface area contributed by atoms with Gasteiger partial charge < -0.3 is 15.7 Å². The Bertz CT molecular complexity index is 412. The zero-order valence-corrected chi connectivity index (χ0v) is 10.4. The largest absolute Gasteiger partial charge is 0.396 e. The van der Waals surface area contributed by atoms with Crippen LogP contribution in [0.2, 0.25) is 0 Å². The fourth-order valence-electron chi connectivity index (χ4n) is 1.57. The molecule has 0 bridgehead atoms. The van der Waals surface area contributed by atoms with Gasteiger partial charge in [0.25, 0.3) is 0 Å². The van der Waals surface area contributed by atoms with Crippen LogP contribution in [0.5, 0.6) is 0 Å². The van der Waals surface area contributed by atoms with Crippen molar-refractivity contribution >= 4 is 17.3 Å². The van der Waals surface area contributed by atoms with Gasteiger partial charge in [0.05, 0.1) is 4.92 Å². The summed E-state index contributed by atoms with van der Waals surface area (Å²) < 4.78 is 0. The summed E-state index contributed by atoms with van der Waals surface area (Å²) in [6.07, 6.45) is 2.50. The van der Waals surface area contributed by atoms with Gasteiger partial charge in [-0.1, -0.05) is 6.92 Å². The molecule has 0 fully saturated rings. The van der Waals surface area contributed by atoms with Crippen LogP contribution in [0.1, 0.15) is 19.8 Å². The summed E-state index contributed by atoms with van der Waals surface area (Å²) in [6.45, 7) is 1.95. The fourth-order valence-corrected chi connectivity index (χ4v) is 1.57. The van der Waals surface area contributed by atoms with Gasteiger partial charge in [-0.05, 0) is 12.8 Å². The minimum absolute atomic E-state index is 0.0171. The average molecular weight is 255 g/mol. The van der Waals surface area contributed by atoms with E-state index in [1.807, 2.05) is 6.92 Å². The molecule has 0 amide bonds. The van der Waals surface area contributed by atoms with Gasteiger partial charge >= 0.3 is 5.69 Å². The third-order valence-electron chi connectivity index (χ3n) is 2.55. The van der Waals surface area contributed by atoms with Crippen LogP contribution in [0, 0.1) is 10.1 Å². The number of hydrogen-bond donors (Lipinski definition) is 3. The van der Waals surface area contributed by atoms with Crippen molar-refractivity contribution < 1.29 is 10.0 Å². The van der Waals surface area contributed by atoms with Gasteiger partial charge in [0.2, 0.25) is 11.6 Å². The van der Waals surface area contributed by atoms with Crippen LogP contribution in [0.3, 0.4) is 0 Å². The quantitative estimate of drug-likeness (QED) is 0.492. The minimum atomic E-state index is -0.528. The smallest absolute Gasteiger partial charge is 0.353 e. The SMILES string of the molecule is CCC(CCO)Nc1ncnc(NC)c1[N+](=O)[O-].